The van der Waals surface area contributed by atoms with Crippen molar-refractivity contribution in [1.29, 1.82) is 0 Å². The third kappa shape index (κ3) is 1.54. The number of hydrogen-bond acceptors (Lipinski definition) is 3. The van der Waals surface area contributed by atoms with E-state index in [0.29, 0.717) is 12.1 Å². The Bertz CT molecular complexity index is 347. The first kappa shape index (κ1) is 9.30. The molecule has 1 fully saturated rings. The van der Waals surface area contributed by atoms with Gasteiger partial charge in [0, 0.05) is 10.1 Å². The van der Waals surface area contributed by atoms with Crippen LogP contribution in [-0.4, -0.2) is 17.4 Å². The van der Waals surface area contributed by atoms with Crippen LogP contribution in [0.3, 0.4) is 0 Å². The van der Waals surface area contributed by atoms with Crippen LogP contribution >= 0.6 is 0 Å². The quantitative estimate of drug-likeness (QED) is 0.654. The molecule has 5 nitrogen and oxygen atoms in total. The summed E-state index contributed by atoms with van der Waals surface area (Å²) in [6.45, 7) is 4.32. The molecule has 2 atom stereocenters. The Morgan fingerprint density at radius 3 is 2.64 bits per heavy atom. The van der Waals surface area contributed by atoms with Gasteiger partial charge in [0.05, 0.1) is 12.1 Å². The van der Waals surface area contributed by atoms with Crippen molar-refractivity contribution in [3.63, 3.8) is 0 Å². The summed E-state index contributed by atoms with van der Waals surface area (Å²) >= 11 is 0. The van der Waals surface area contributed by atoms with Crippen molar-refractivity contribution >= 4 is 0 Å². The van der Waals surface area contributed by atoms with Crippen LogP contribution in [0.4, 0.5) is 0 Å². The van der Waals surface area contributed by atoms with E-state index in [-0.39, 0.29) is 5.63 Å². The minimum Gasteiger partial charge on any atom is -0.281 e. The van der Waals surface area contributed by atoms with E-state index in [1.54, 1.807) is 4.79 Å². The van der Waals surface area contributed by atoms with Crippen molar-refractivity contribution in [3.05, 3.63) is 16.6 Å². The summed E-state index contributed by atoms with van der Waals surface area (Å²) < 4.78 is 4.66. The van der Waals surface area contributed by atoms with Crippen LogP contribution in [0.2, 0.25) is 0 Å². The van der Waals surface area contributed by atoms with Gasteiger partial charge in [-0.15, -0.1) is 0 Å². The molecule has 0 spiro atoms. The van der Waals surface area contributed by atoms with Gasteiger partial charge in [-0.05, 0) is 33.1 Å². The van der Waals surface area contributed by atoms with E-state index >= 15 is 0 Å². The standard InChI is InChI=1S/C9H15N3O2/c1-7-4-3-5-8(2)12(7)11-6-9(13)14-10-11/h6-8H,3-5H2,1-2H3/p+1. The zero-order valence-corrected chi connectivity index (χ0v) is 8.56. The van der Waals surface area contributed by atoms with Crippen molar-refractivity contribution in [1.82, 2.24) is 5.27 Å². The predicted molar refractivity (Wildman–Crippen MR) is 50.5 cm³/mol. The van der Waals surface area contributed by atoms with Crippen LogP contribution in [0.1, 0.15) is 33.1 Å². The number of nitrogens with zero attached hydrogens (tertiary/aromatic N) is 2. The maximum Gasteiger partial charge on any atom is 0.430 e. The van der Waals surface area contributed by atoms with Crippen LogP contribution in [0.5, 0.6) is 0 Å². The fourth-order valence-corrected chi connectivity index (χ4v) is 2.19. The molecule has 0 aliphatic carbocycles. The maximum absolute atomic E-state index is 10.9. The van der Waals surface area contributed by atoms with Gasteiger partial charge in [0.2, 0.25) is 0 Å². The molecular formula is C9H16N3O2+. The molecular weight excluding hydrogens is 182 g/mol. The van der Waals surface area contributed by atoms with Gasteiger partial charge in [0.1, 0.15) is 0 Å². The van der Waals surface area contributed by atoms with Gasteiger partial charge in [-0.25, -0.2) is 4.79 Å². The van der Waals surface area contributed by atoms with Crippen molar-refractivity contribution in [2.75, 3.05) is 5.01 Å². The van der Waals surface area contributed by atoms with Gasteiger partial charge >= 0.3 is 11.8 Å². The van der Waals surface area contributed by atoms with E-state index in [0.717, 1.165) is 12.8 Å². The molecule has 1 N–H and O–H groups in total. The Kier molecular flexibility index (Phi) is 2.31. The second-order valence-electron chi connectivity index (χ2n) is 4.00. The minimum atomic E-state index is -0.338. The number of piperidine rings is 1. The fourth-order valence-electron chi connectivity index (χ4n) is 2.19. The molecule has 1 aromatic heterocycles. The van der Waals surface area contributed by atoms with Crippen LogP contribution in [0, 0.1) is 0 Å². The molecule has 2 heterocycles. The van der Waals surface area contributed by atoms with E-state index in [9.17, 15) is 4.79 Å². The number of hydrogen-bond donors (Lipinski definition) is 1. The van der Waals surface area contributed by atoms with E-state index in [2.05, 4.69) is 28.7 Å². The highest BCUT2D eigenvalue weighted by Gasteiger charge is 2.32. The summed E-state index contributed by atoms with van der Waals surface area (Å²) in [5, 5.41) is 4.74. The summed E-state index contributed by atoms with van der Waals surface area (Å²) in [6, 6.07) is 0.883. The highest BCUT2D eigenvalue weighted by molar-refractivity contribution is 4.90. The lowest BCUT2D eigenvalue weighted by molar-refractivity contribution is -0.766. The van der Waals surface area contributed by atoms with Gasteiger partial charge in [0.15, 0.2) is 0 Å². The van der Waals surface area contributed by atoms with Crippen LogP contribution in [0.15, 0.2) is 15.5 Å². The van der Waals surface area contributed by atoms with Gasteiger partial charge in [-0.3, -0.25) is 4.52 Å². The lowest BCUT2D eigenvalue weighted by atomic mass is 10.00. The van der Waals surface area contributed by atoms with Crippen molar-refractivity contribution in [2.45, 2.75) is 45.2 Å². The van der Waals surface area contributed by atoms with E-state index in [1.165, 1.54) is 12.6 Å². The predicted octanol–water partition coefficient (Wildman–Crippen LogP) is 0.154. The van der Waals surface area contributed by atoms with Crippen LogP contribution in [-0.2, 0) is 0 Å². The van der Waals surface area contributed by atoms with Gasteiger partial charge < -0.3 is 0 Å². The van der Waals surface area contributed by atoms with Gasteiger partial charge in [-0.1, -0.05) is 0 Å². The summed E-state index contributed by atoms with van der Waals surface area (Å²) in [7, 11) is 0. The summed E-state index contributed by atoms with van der Waals surface area (Å²) in [5.41, 5.74) is -0.338. The molecule has 0 amide bonds. The lowest BCUT2D eigenvalue weighted by Gasteiger charge is -2.32. The van der Waals surface area contributed by atoms with Crippen LogP contribution in [0.25, 0.3) is 0 Å². The zero-order chi connectivity index (χ0) is 10.1. The molecule has 1 saturated heterocycles. The zero-order valence-electron chi connectivity index (χ0n) is 8.56. The molecule has 5 heteroatoms. The number of rotatable bonds is 1. The highest BCUT2D eigenvalue weighted by atomic mass is 16.5. The molecule has 2 rings (SSSR count). The average molecular weight is 198 g/mol. The summed E-state index contributed by atoms with van der Waals surface area (Å²) in [6.07, 6.45) is 5.01. The Balaban J connectivity index is 2.26. The van der Waals surface area contributed by atoms with Crippen molar-refractivity contribution in [2.24, 2.45) is 0 Å². The molecule has 1 aliphatic heterocycles. The molecule has 0 aromatic carbocycles. The summed E-state index contributed by atoms with van der Waals surface area (Å²) in [4.78, 5) is 12.6. The second-order valence-corrected chi connectivity index (χ2v) is 4.00. The van der Waals surface area contributed by atoms with Crippen molar-refractivity contribution < 1.29 is 9.31 Å². The molecule has 1 aromatic rings. The summed E-state index contributed by atoms with van der Waals surface area (Å²) in [5.74, 6) is 0. The number of aromatic amines is 1. The molecule has 1 aliphatic rings. The Hall–Kier alpha value is -1.26. The monoisotopic (exact) mass is 198 g/mol. The third-order valence-electron chi connectivity index (χ3n) is 2.86. The largest absolute Gasteiger partial charge is 0.430 e. The first-order valence-corrected chi connectivity index (χ1v) is 5.07. The topological polar surface area (TPSA) is 53.1 Å². The first-order valence-electron chi connectivity index (χ1n) is 5.07. The highest BCUT2D eigenvalue weighted by Crippen LogP contribution is 2.17. The molecule has 0 radical (unpaired) electrons. The SMILES string of the molecule is CC1CCCC(C)N1[n+]1cc(=O)o[nH]1. The van der Waals surface area contributed by atoms with Gasteiger partial charge in [-0.2, -0.15) is 5.01 Å². The first-order chi connectivity index (χ1) is 6.68. The Labute approximate surface area is 82.2 Å². The smallest absolute Gasteiger partial charge is 0.281 e. The molecule has 78 valence electrons. The normalized spacial score (nSPS) is 28.0. The fraction of sp³-hybridized carbons (Fsp3) is 0.778. The molecule has 0 bridgehead atoms. The Morgan fingerprint density at radius 2 is 2.14 bits per heavy atom. The Morgan fingerprint density at radius 1 is 1.50 bits per heavy atom. The molecule has 0 saturated carbocycles. The lowest BCUT2D eigenvalue weighted by Crippen LogP contribution is -2.67. The average Bonchev–Trinajstić information content (AvgIpc) is 2.51. The number of nitrogens with one attached hydrogen (secondary N) is 1. The van der Waals surface area contributed by atoms with E-state index in [1.807, 2.05) is 0 Å². The number of aromatic nitrogens is 2. The molecule has 14 heavy (non-hydrogen) atoms. The van der Waals surface area contributed by atoms with Gasteiger partial charge in [0.25, 0.3) is 0 Å². The minimum absolute atomic E-state index is 0.338. The third-order valence-corrected chi connectivity index (χ3v) is 2.86. The maximum atomic E-state index is 10.9. The second kappa shape index (κ2) is 3.48. The van der Waals surface area contributed by atoms with Crippen molar-refractivity contribution in [3.8, 4) is 0 Å². The van der Waals surface area contributed by atoms with Crippen LogP contribution < -0.4 is 15.4 Å². The van der Waals surface area contributed by atoms with E-state index < -0.39 is 0 Å². The molecule has 2 unspecified atom stereocenters. The van der Waals surface area contributed by atoms with E-state index in [4.69, 9.17) is 0 Å². The number of H-pyrrole nitrogens is 1.